The van der Waals surface area contributed by atoms with E-state index in [2.05, 4.69) is 0 Å². The molecule has 0 N–H and O–H groups in total. The van der Waals surface area contributed by atoms with E-state index in [0.717, 1.165) is 11.3 Å². The van der Waals surface area contributed by atoms with Crippen LogP contribution in [0.25, 0.3) is 0 Å². The molecule has 0 aliphatic carbocycles. The van der Waals surface area contributed by atoms with Gasteiger partial charge in [-0.2, -0.15) is 0 Å². The standard InChI is InChI=1S/C24H36N2O8/c1-15(2)31-22(27)25-12-20-21(34-24(5,6)33-20)19(26(25)23(28)32-16(3)4)14-30-13-17-8-10-18(29-7)11-9-17/h8-11,15-16,19-21H,12-14H2,1-7H3/t19-,20-,21-/m1/s1. The van der Waals surface area contributed by atoms with E-state index in [0.29, 0.717) is 6.61 Å². The van der Waals surface area contributed by atoms with Crippen molar-refractivity contribution < 1.29 is 38.0 Å². The third kappa shape index (κ3) is 6.31. The highest BCUT2D eigenvalue weighted by molar-refractivity contribution is 5.75. The first-order valence-corrected chi connectivity index (χ1v) is 11.5. The normalized spacial score (nSPS) is 23.7. The van der Waals surface area contributed by atoms with E-state index in [-0.39, 0.29) is 25.4 Å². The lowest BCUT2D eigenvalue weighted by Gasteiger charge is -2.46. The van der Waals surface area contributed by atoms with Crippen molar-refractivity contribution in [2.24, 2.45) is 0 Å². The number of rotatable bonds is 7. The summed E-state index contributed by atoms with van der Waals surface area (Å²) in [6.07, 6.45) is -3.08. The SMILES string of the molecule is COc1ccc(COC[C@@H]2[C@H]3OC(C)(C)O[C@@H]3CN(C(=O)OC(C)C)N2C(=O)OC(C)C)cc1. The van der Waals surface area contributed by atoms with Crippen LogP contribution in [-0.2, 0) is 30.3 Å². The van der Waals surface area contributed by atoms with Gasteiger partial charge in [-0.1, -0.05) is 12.1 Å². The molecule has 1 aromatic rings. The number of ether oxygens (including phenoxy) is 6. The molecule has 10 nitrogen and oxygen atoms in total. The van der Waals surface area contributed by atoms with E-state index >= 15 is 0 Å². The van der Waals surface area contributed by atoms with Crippen molar-refractivity contribution in [1.29, 1.82) is 0 Å². The van der Waals surface area contributed by atoms with Crippen LogP contribution in [0.15, 0.2) is 24.3 Å². The molecule has 190 valence electrons. The highest BCUT2D eigenvalue weighted by atomic mass is 16.8. The Hall–Kier alpha value is -2.56. The maximum absolute atomic E-state index is 13.2. The highest BCUT2D eigenvalue weighted by Crippen LogP contribution is 2.37. The number of methoxy groups -OCH3 is 1. The molecule has 0 aromatic heterocycles. The molecular weight excluding hydrogens is 444 g/mol. The molecule has 0 bridgehead atoms. The molecule has 2 amide bonds. The van der Waals surface area contributed by atoms with E-state index in [9.17, 15) is 9.59 Å². The van der Waals surface area contributed by atoms with Crippen LogP contribution in [0.3, 0.4) is 0 Å². The second-order valence-electron chi connectivity index (χ2n) is 9.36. The lowest BCUT2D eigenvalue weighted by Crippen LogP contribution is -2.68. The minimum atomic E-state index is -0.880. The van der Waals surface area contributed by atoms with Crippen LogP contribution in [0.5, 0.6) is 5.75 Å². The number of fused-ring (bicyclic) bond motifs is 1. The Labute approximate surface area is 200 Å². The van der Waals surface area contributed by atoms with Crippen LogP contribution in [0.4, 0.5) is 9.59 Å². The highest BCUT2D eigenvalue weighted by Gasteiger charge is 2.55. The van der Waals surface area contributed by atoms with Gasteiger partial charge in [0.1, 0.15) is 24.0 Å². The van der Waals surface area contributed by atoms with E-state index in [1.165, 1.54) is 10.0 Å². The molecule has 34 heavy (non-hydrogen) atoms. The summed E-state index contributed by atoms with van der Waals surface area (Å²) in [5.74, 6) is -0.130. The molecule has 2 fully saturated rings. The number of hydrogen-bond acceptors (Lipinski definition) is 8. The van der Waals surface area contributed by atoms with Gasteiger partial charge in [0.05, 0.1) is 39.1 Å². The molecule has 3 atom stereocenters. The second kappa shape index (κ2) is 10.8. The Morgan fingerprint density at radius 1 is 1.03 bits per heavy atom. The third-order valence-electron chi connectivity index (χ3n) is 5.32. The van der Waals surface area contributed by atoms with Gasteiger partial charge in [0, 0.05) is 0 Å². The molecule has 1 aromatic carbocycles. The Bertz CT molecular complexity index is 842. The third-order valence-corrected chi connectivity index (χ3v) is 5.32. The van der Waals surface area contributed by atoms with Crippen molar-refractivity contribution in [1.82, 2.24) is 10.0 Å². The fraction of sp³-hybridized carbons (Fsp3) is 0.667. The van der Waals surface area contributed by atoms with Gasteiger partial charge in [-0.3, -0.25) is 0 Å². The Balaban J connectivity index is 1.85. The average molecular weight is 481 g/mol. The van der Waals surface area contributed by atoms with Crippen molar-refractivity contribution in [2.75, 3.05) is 20.3 Å². The summed E-state index contributed by atoms with van der Waals surface area (Å²) in [6, 6.07) is 6.82. The predicted octanol–water partition coefficient (Wildman–Crippen LogP) is 3.72. The molecule has 0 saturated carbocycles. The quantitative estimate of drug-likeness (QED) is 0.583. The summed E-state index contributed by atoms with van der Waals surface area (Å²) in [5, 5.41) is 2.49. The minimum Gasteiger partial charge on any atom is -0.497 e. The first-order valence-electron chi connectivity index (χ1n) is 11.5. The Morgan fingerprint density at radius 3 is 2.24 bits per heavy atom. The monoisotopic (exact) mass is 480 g/mol. The number of hydrogen-bond donors (Lipinski definition) is 0. The zero-order valence-corrected chi connectivity index (χ0v) is 21.0. The minimum absolute atomic E-state index is 0.0851. The lowest BCUT2D eigenvalue weighted by atomic mass is 10.0. The zero-order chi connectivity index (χ0) is 25.0. The van der Waals surface area contributed by atoms with Gasteiger partial charge in [0.15, 0.2) is 5.79 Å². The van der Waals surface area contributed by atoms with Crippen LogP contribution in [0.2, 0.25) is 0 Å². The zero-order valence-electron chi connectivity index (χ0n) is 21.0. The van der Waals surface area contributed by atoms with Crippen molar-refractivity contribution in [3.8, 4) is 5.75 Å². The maximum atomic E-state index is 13.2. The summed E-state index contributed by atoms with van der Waals surface area (Å²) >= 11 is 0. The van der Waals surface area contributed by atoms with Gasteiger partial charge in [-0.25, -0.2) is 19.6 Å². The van der Waals surface area contributed by atoms with Gasteiger partial charge in [-0.15, -0.1) is 0 Å². The van der Waals surface area contributed by atoms with Gasteiger partial charge >= 0.3 is 12.2 Å². The molecule has 2 saturated heterocycles. The number of amides is 2. The number of benzene rings is 1. The summed E-state index contributed by atoms with van der Waals surface area (Å²) in [4.78, 5) is 26.1. The summed E-state index contributed by atoms with van der Waals surface area (Å²) < 4.78 is 34.3. The fourth-order valence-electron chi connectivity index (χ4n) is 4.01. The van der Waals surface area contributed by atoms with Crippen molar-refractivity contribution in [2.45, 2.75) is 84.4 Å². The first-order chi connectivity index (χ1) is 16.0. The number of carbonyl (C=O) groups is 2. The Morgan fingerprint density at radius 2 is 1.65 bits per heavy atom. The molecule has 0 radical (unpaired) electrons. The van der Waals surface area contributed by atoms with Crippen LogP contribution >= 0.6 is 0 Å². The lowest BCUT2D eigenvalue weighted by molar-refractivity contribution is -0.156. The molecule has 2 heterocycles. The van der Waals surface area contributed by atoms with Gasteiger partial charge in [-0.05, 0) is 59.2 Å². The van der Waals surface area contributed by atoms with Gasteiger partial charge in [0.25, 0.3) is 0 Å². The van der Waals surface area contributed by atoms with Crippen LogP contribution in [0.1, 0.15) is 47.1 Å². The largest absolute Gasteiger partial charge is 0.497 e. The van der Waals surface area contributed by atoms with Crippen LogP contribution in [-0.4, -0.2) is 78.7 Å². The molecule has 0 unspecified atom stereocenters. The Kier molecular flexibility index (Phi) is 8.27. The predicted molar refractivity (Wildman–Crippen MR) is 122 cm³/mol. The van der Waals surface area contributed by atoms with Crippen LogP contribution < -0.4 is 4.74 Å². The van der Waals surface area contributed by atoms with Crippen molar-refractivity contribution >= 4 is 12.2 Å². The average Bonchev–Trinajstić information content (AvgIpc) is 3.06. The topological polar surface area (TPSA) is 96.0 Å². The van der Waals surface area contributed by atoms with E-state index in [1.54, 1.807) is 48.7 Å². The molecule has 3 rings (SSSR count). The van der Waals surface area contributed by atoms with E-state index < -0.39 is 36.2 Å². The number of nitrogens with zero attached hydrogens (tertiary/aromatic N) is 2. The molecular formula is C24H36N2O8. The number of carbonyl (C=O) groups excluding carboxylic acids is 2. The van der Waals surface area contributed by atoms with E-state index in [1.807, 2.05) is 24.3 Å². The summed E-state index contributed by atoms with van der Waals surface area (Å²) in [5.41, 5.74) is 0.935. The summed E-state index contributed by atoms with van der Waals surface area (Å²) in [6.45, 7) is 11.1. The smallest absolute Gasteiger partial charge is 0.429 e. The van der Waals surface area contributed by atoms with Crippen LogP contribution in [0, 0.1) is 0 Å². The first kappa shape index (κ1) is 26.1. The molecule has 2 aliphatic heterocycles. The van der Waals surface area contributed by atoms with Gasteiger partial charge in [0.2, 0.25) is 0 Å². The maximum Gasteiger partial charge on any atom is 0.429 e. The van der Waals surface area contributed by atoms with Crippen molar-refractivity contribution in [3.63, 3.8) is 0 Å². The molecule has 0 spiro atoms. The summed E-state index contributed by atoms with van der Waals surface area (Å²) in [7, 11) is 1.61. The van der Waals surface area contributed by atoms with Crippen molar-refractivity contribution in [3.05, 3.63) is 29.8 Å². The fourth-order valence-corrected chi connectivity index (χ4v) is 4.01. The van der Waals surface area contributed by atoms with E-state index in [4.69, 9.17) is 28.4 Å². The molecule has 10 heteroatoms. The van der Waals surface area contributed by atoms with Gasteiger partial charge < -0.3 is 28.4 Å². The number of hydrazine groups is 1. The molecule has 2 aliphatic rings. The second-order valence-corrected chi connectivity index (χ2v) is 9.36.